The molecule has 1 unspecified atom stereocenters. The average molecular weight is 250 g/mol. The van der Waals surface area contributed by atoms with E-state index >= 15 is 0 Å². The van der Waals surface area contributed by atoms with Crippen LogP contribution in [0.25, 0.3) is 0 Å². The molecule has 1 aliphatic rings. The van der Waals surface area contributed by atoms with Gasteiger partial charge < -0.3 is 10.2 Å². The van der Waals surface area contributed by atoms with Gasteiger partial charge in [-0.3, -0.25) is 4.79 Å². The molecule has 0 amide bonds. The molecule has 1 aromatic rings. The second-order valence-corrected chi connectivity index (χ2v) is 5.11. The number of hydrogen-bond donors (Lipinski definition) is 1. The quantitative estimate of drug-likeness (QED) is 0.860. The number of anilines is 1. The first-order chi connectivity index (χ1) is 8.66. The first-order valence-corrected chi connectivity index (χ1v) is 6.64. The molecule has 5 heteroatoms. The molecule has 0 radical (unpaired) electrons. The Bertz CT molecular complexity index is 435. The van der Waals surface area contributed by atoms with Crippen molar-refractivity contribution in [2.45, 2.75) is 38.3 Å². The third-order valence-corrected chi connectivity index (χ3v) is 3.47. The molecule has 5 nitrogen and oxygen atoms in total. The van der Waals surface area contributed by atoms with Gasteiger partial charge in [0, 0.05) is 32.7 Å². The van der Waals surface area contributed by atoms with Crippen molar-refractivity contribution in [3.8, 4) is 0 Å². The van der Waals surface area contributed by atoms with Crippen LogP contribution in [-0.4, -0.2) is 36.5 Å². The molecule has 100 valence electrons. The maximum absolute atomic E-state index is 11.9. The van der Waals surface area contributed by atoms with E-state index in [4.69, 9.17) is 0 Å². The molecule has 1 fully saturated rings. The molecular weight excluding hydrogens is 228 g/mol. The van der Waals surface area contributed by atoms with Crippen LogP contribution in [0.5, 0.6) is 0 Å². The molecule has 0 aromatic carbocycles. The van der Waals surface area contributed by atoms with Gasteiger partial charge in [-0.15, -0.1) is 0 Å². The molecule has 2 heterocycles. The van der Waals surface area contributed by atoms with Gasteiger partial charge in [-0.1, -0.05) is 6.42 Å². The highest BCUT2D eigenvalue weighted by atomic mass is 16.1. The number of piperidine rings is 1. The van der Waals surface area contributed by atoms with E-state index in [0.29, 0.717) is 12.6 Å². The fraction of sp³-hybridized carbons (Fsp3) is 0.692. The lowest BCUT2D eigenvalue weighted by atomic mass is 10.0. The lowest BCUT2D eigenvalue weighted by molar-refractivity contribution is 0.357. The smallest absolute Gasteiger partial charge is 0.268 e. The summed E-state index contributed by atoms with van der Waals surface area (Å²) in [4.78, 5) is 13.8. The topological polar surface area (TPSA) is 50.2 Å². The first kappa shape index (κ1) is 13.1. The summed E-state index contributed by atoms with van der Waals surface area (Å²) in [5.41, 5.74) is 0.837. The maximum atomic E-state index is 11.9. The fourth-order valence-electron chi connectivity index (χ4n) is 2.29. The summed E-state index contributed by atoms with van der Waals surface area (Å²) < 4.78 is 1.56. The average Bonchev–Trinajstić information content (AvgIpc) is 2.38. The van der Waals surface area contributed by atoms with Crippen LogP contribution < -0.4 is 15.8 Å². The zero-order valence-electron chi connectivity index (χ0n) is 11.2. The van der Waals surface area contributed by atoms with E-state index in [1.165, 1.54) is 19.3 Å². The van der Waals surface area contributed by atoms with Crippen molar-refractivity contribution >= 4 is 5.69 Å². The van der Waals surface area contributed by atoms with Crippen molar-refractivity contribution in [2.24, 2.45) is 0 Å². The maximum Gasteiger partial charge on any atom is 0.268 e. The molecular formula is C13H22N4O. The molecule has 0 bridgehead atoms. The van der Waals surface area contributed by atoms with Gasteiger partial charge in [0.1, 0.15) is 0 Å². The summed E-state index contributed by atoms with van der Waals surface area (Å²) >= 11 is 0. The van der Waals surface area contributed by atoms with Gasteiger partial charge in [-0.2, -0.15) is 5.10 Å². The Morgan fingerprint density at radius 3 is 2.94 bits per heavy atom. The minimum Gasteiger partial charge on any atom is -0.376 e. The summed E-state index contributed by atoms with van der Waals surface area (Å²) in [5, 5.41) is 7.71. The summed E-state index contributed by atoms with van der Waals surface area (Å²) in [5.74, 6) is 0. The Balaban J connectivity index is 1.95. The molecule has 1 saturated heterocycles. The highest BCUT2D eigenvalue weighted by molar-refractivity contribution is 5.40. The van der Waals surface area contributed by atoms with E-state index in [1.54, 1.807) is 16.9 Å². The van der Waals surface area contributed by atoms with E-state index in [0.717, 1.165) is 18.7 Å². The molecule has 1 N–H and O–H groups in total. The van der Waals surface area contributed by atoms with Gasteiger partial charge in [0.05, 0.1) is 11.9 Å². The largest absolute Gasteiger partial charge is 0.376 e. The molecule has 18 heavy (non-hydrogen) atoms. The molecule has 1 aromatic heterocycles. The minimum atomic E-state index is -0.0167. The van der Waals surface area contributed by atoms with E-state index < -0.39 is 0 Å². The highest BCUT2D eigenvalue weighted by Gasteiger charge is 2.12. The van der Waals surface area contributed by atoms with Crippen molar-refractivity contribution in [1.82, 2.24) is 15.1 Å². The summed E-state index contributed by atoms with van der Waals surface area (Å²) in [6, 6.07) is 2.18. The van der Waals surface area contributed by atoms with Gasteiger partial charge in [0.15, 0.2) is 0 Å². The van der Waals surface area contributed by atoms with Crippen molar-refractivity contribution in [2.75, 3.05) is 25.5 Å². The number of hydrogen-bond acceptors (Lipinski definition) is 4. The number of aryl methyl sites for hydroxylation is 1. The van der Waals surface area contributed by atoms with Crippen LogP contribution in [0.15, 0.2) is 17.1 Å². The Hall–Kier alpha value is -1.36. The number of nitrogens with one attached hydrogen (secondary N) is 1. The van der Waals surface area contributed by atoms with Crippen LogP contribution in [0.3, 0.4) is 0 Å². The van der Waals surface area contributed by atoms with Gasteiger partial charge in [0.2, 0.25) is 0 Å². The van der Waals surface area contributed by atoms with Gasteiger partial charge in [-0.05, 0) is 25.8 Å². The second-order valence-electron chi connectivity index (χ2n) is 5.11. The van der Waals surface area contributed by atoms with Crippen LogP contribution in [0.2, 0.25) is 0 Å². The Morgan fingerprint density at radius 2 is 2.33 bits per heavy atom. The Kier molecular flexibility index (Phi) is 4.36. The van der Waals surface area contributed by atoms with Crippen LogP contribution in [0.4, 0.5) is 5.69 Å². The molecule has 1 atom stereocenters. The van der Waals surface area contributed by atoms with Gasteiger partial charge >= 0.3 is 0 Å². The van der Waals surface area contributed by atoms with Crippen LogP contribution >= 0.6 is 0 Å². The lowest BCUT2D eigenvalue weighted by Gasteiger charge is -2.23. The standard InChI is InChI=1S/C13H22N4O/c1-16(2)12-9-13(18)17(15-10-12)8-6-11-5-3-4-7-14-11/h9-11,14H,3-8H2,1-2H3. The predicted octanol–water partition coefficient (Wildman–Crippen LogP) is 0.841. The third kappa shape index (κ3) is 3.32. The van der Waals surface area contributed by atoms with Crippen LogP contribution in [0, 0.1) is 0 Å². The van der Waals surface area contributed by atoms with E-state index in [1.807, 2.05) is 19.0 Å². The van der Waals surface area contributed by atoms with E-state index in [-0.39, 0.29) is 5.56 Å². The van der Waals surface area contributed by atoms with E-state index in [9.17, 15) is 4.79 Å². The Morgan fingerprint density at radius 1 is 1.50 bits per heavy atom. The first-order valence-electron chi connectivity index (χ1n) is 6.64. The SMILES string of the molecule is CN(C)c1cnn(CCC2CCCCN2)c(=O)c1. The zero-order valence-corrected chi connectivity index (χ0v) is 11.2. The number of nitrogens with zero attached hydrogens (tertiary/aromatic N) is 3. The number of rotatable bonds is 4. The van der Waals surface area contributed by atoms with Crippen LogP contribution in [-0.2, 0) is 6.54 Å². The van der Waals surface area contributed by atoms with Crippen molar-refractivity contribution in [3.05, 3.63) is 22.6 Å². The Labute approximate surface area is 108 Å². The van der Waals surface area contributed by atoms with Crippen molar-refractivity contribution in [1.29, 1.82) is 0 Å². The zero-order chi connectivity index (χ0) is 13.0. The minimum absolute atomic E-state index is 0.0167. The van der Waals surface area contributed by atoms with Crippen LogP contribution in [0.1, 0.15) is 25.7 Å². The summed E-state index contributed by atoms with van der Waals surface area (Å²) in [6.45, 7) is 1.80. The van der Waals surface area contributed by atoms with E-state index in [2.05, 4.69) is 10.4 Å². The predicted molar refractivity (Wildman–Crippen MR) is 73.1 cm³/mol. The second kappa shape index (κ2) is 6.00. The molecule has 0 spiro atoms. The normalized spacial score (nSPS) is 19.8. The summed E-state index contributed by atoms with van der Waals surface area (Å²) in [7, 11) is 3.82. The third-order valence-electron chi connectivity index (χ3n) is 3.47. The molecule has 2 rings (SSSR count). The molecule has 1 aliphatic heterocycles. The van der Waals surface area contributed by atoms with Crippen molar-refractivity contribution < 1.29 is 0 Å². The molecule has 0 saturated carbocycles. The van der Waals surface area contributed by atoms with Crippen molar-refractivity contribution in [3.63, 3.8) is 0 Å². The fourth-order valence-corrected chi connectivity index (χ4v) is 2.29. The summed E-state index contributed by atoms with van der Waals surface area (Å²) in [6.07, 6.45) is 6.50. The monoisotopic (exact) mass is 250 g/mol. The van der Waals surface area contributed by atoms with Gasteiger partial charge in [-0.25, -0.2) is 4.68 Å². The number of aromatic nitrogens is 2. The lowest BCUT2D eigenvalue weighted by Crippen LogP contribution is -2.36. The highest BCUT2D eigenvalue weighted by Crippen LogP contribution is 2.10. The van der Waals surface area contributed by atoms with Gasteiger partial charge in [0.25, 0.3) is 5.56 Å². The molecule has 0 aliphatic carbocycles.